The van der Waals surface area contributed by atoms with Gasteiger partial charge in [-0.05, 0) is 35.9 Å². The number of benzene rings is 2. The van der Waals surface area contributed by atoms with E-state index in [1.807, 2.05) is 35.7 Å². The van der Waals surface area contributed by atoms with E-state index < -0.39 is 0 Å². The zero-order valence-corrected chi connectivity index (χ0v) is 15.6. The van der Waals surface area contributed by atoms with Crippen molar-refractivity contribution < 1.29 is 14.7 Å². The van der Waals surface area contributed by atoms with E-state index in [1.54, 1.807) is 30.5 Å². The third kappa shape index (κ3) is 3.79. The van der Waals surface area contributed by atoms with Crippen molar-refractivity contribution in [3.8, 4) is 17.0 Å². The molecule has 2 amide bonds. The summed E-state index contributed by atoms with van der Waals surface area (Å²) in [6.07, 6.45) is 4.24. The van der Waals surface area contributed by atoms with Gasteiger partial charge in [-0.25, -0.2) is 4.98 Å². The van der Waals surface area contributed by atoms with Gasteiger partial charge >= 0.3 is 0 Å². The Labute approximate surface area is 165 Å². The zero-order valence-electron chi connectivity index (χ0n) is 14.8. The molecule has 6 nitrogen and oxygen atoms in total. The van der Waals surface area contributed by atoms with Gasteiger partial charge in [0.05, 0.1) is 11.4 Å². The quantitative estimate of drug-likeness (QED) is 0.635. The number of nitrogens with one attached hydrogen (secondary N) is 1. The number of carbonyl (C=O) groups is 2. The molecule has 0 aliphatic carbocycles. The smallest absolute Gasteiger partial charge is 0.234 e. The molecule has 0 bridgehead atoms. The van der Waals surface area contributed by atoms with Gasteiger partial charge in [-0.2, -0.15) is 0 Å². The molecule has 2 aromatic carbocycles. The molecule has 1 fully saturated rings. The first-order chi connectivity index (χ1) is 13.6. The van der Waals surface area contributed by atoms with Crippen LogP contribution in [0.2, 0.25) is 0 Å². The fourth-order valence-corrected chi connectivity index (χ4v) is 3.61. The van der Waals surface area contributed by atoms with Crippen LogP contribution in [0.15, 0.2) is 60.1 Å². The summed E-state index contributed by atoms with van der Waals surface area (Å²) in [5.41, 5.74) is 3.29. The molecule has 140 valence electrons. The Morgan fingerprint density at radius 2 is 1.68 bits per heavy atom. The minimum absolute atomic E-state index is 0.154. The Balaban J connectivity index is 1.43. The number of carbonyl (C=O) groups excluding carboxylic acids is 2. The van der Waals surface area contributed by atoms with Crippen LogP contribution < -0.4 is 10.2 Å². The van der Waals surface area contributed by atoms with E-state index in [1.165, 1.54) is 16.2 Å². The summed E-state index contributed by atoms with van der Waals surface area (Å²) in [6, 6.07) is 14.2. The molecule has 3 aromatic rings. The Kier molecular flexibility index (Phi) is 4.90. The largest absolute Gasteiger partial charge is 0.508 e. The molecule has 28 heavy (non-hydrogen) atoms. The number of hydrogen-bond acceptors (Lipinski definition) is 6. The van der Waals surface area contributed by atoms with Gasteiger partial charge in [-0.3, -0.25) is 14.5 Å². The molecule has 4 rings (SSSR count). The summed E-state index contributed by atoms with van der Waals surface area (Å²) in [6.45, 7) is 0. The second-order valence-corrected chi connectivity index (χ2v) is 7.13. The van der Waals surface area contributed by atoms with Gasteiger partial charge in [0.25, 0.3) is 0 Å². The van der Waals surface area contributed by atoms with Crippen LogP contribution in [0.25, 0.3) is 17.3 Å². The zero-order chi connectivity index (χ0) is 19.5. The predicted octanol–water partition coefficient (Wildman–Crippen LogP) is 4.25. The van der Waals surface area contributed by atoms with Crippen molar-refractivity contribution >= 4 is 40.0 Å². The van der Waals surface area contributed by atoms with E-state index in [9.17, 15) is 14.7 Å². The molecule has 1 aliphatic rings. The summed E-state index contributed by atoms with van der Waals surface area (Å²) < 4.78 is 0. The lowest BCUT2D eigenvalue weighted by molar-refractivity contribution is -0.121. The molecular weight excluding hydrogens is 374 g/mol. The third-order valence-corrected chi connectivity index (χ3v) is 5.13. The number of phenolic OH excluding ortho intramolecular Hbond substituents is 1. The van der Waals surface area contributed by atoms with Crippen LogP contribution >= 0.6 is 11.3 Å². The molecular formula is C21H17N3O3S. The topological polar surface area (TPSA) is 82.5 Å². The van der Waals surface area contributed by atoms with Crippen LogP contribution in [0.4, 0.5) is 10.8 Å². The lowest BCUT2D eigenvalue weighted by Gasteiger charge is -2.13. The lowest BCUT2D eigenvalue weighted by atomic mass is 10.1. The minimum atomic E-state index is -0.154. The predicted molar refractivity (Wildman–Crippen MR) is 110 cm³/mol. The van der Waals surface area contributed by atoms with Crippen LogP contribution in [0.5, 0.6) is 5.75 Å². The average Bonchev–Trinajstić information content (AvgIpc) is 3.30. The van der Waals surface area contributed by atoms with Crippen molar-refractivity contribution in [2.24, 2.45) is 0 Å². The molecule has 0 unspecified atom stereocenters. The number of aromatic hydroxyl groups is 1. The summed E-state index contributed by atoms with van der Waals surface area (Å²) in [5.74, 6) is -0.0734. The van der Waals surface area contributed by atoms with E-state index in [0.29, 0.717) is 5.69 Å². The maximum absolute atomic E-state index is 11.8. The van der Waals surface area contributed by atoms with Gasteiger partial charge in [0.1, 0.15) is 5.75 Å². The van der Waals surface area contributed by atoms with Gasteiger partial charge in [0.15, 0.2) is 5.13 Å². The minimum Gasteiger partial charge on any atom is -0.508 e. The van der Waals surface area contributed by atoms with Crippen molar-refractivity contribution in [2.45, 2.75) is 12.8 Å². The Morgan fingerprint density at radius 1 is 1.00 bits per heavy atom. The first-order valence-corrected chi connectivity index (χ1v) is 9.62. The highest BCUT2D eigenvalue weighted by Crippen LogP contribution is 2.28. The van der Waals surface area contributed by atoms with Crippen LogP contribution in [-0.4, -0.2) is 21.9 Å². The number of thiazole rings is 1. The van der Waals surface area contributed by atoms with E-state index in [4.69, 9.17) is 0 Å². The van der Waals surface area contributed by atoms with Crippen molar-refractivity contribution in [1.29, 1.82) is 0 Å². The average molecular weight is 391 g/mol. The third-order valence-electron chi connectivity index (χ3n) is 4.35. The molecule has 2 N–H and O–H groups in total. The molecule has 1 aromatic heterocycles. The first kappa shape index (κ1) is 17.9. The van der Waals surface area contributed by atoms with Gasteiger partial charge in [0, 0.05) is 30.0 Å². The number of hydrogen-bond donors (Lipinski definition) is 2. The number of aromatic nitrogens is 1. The van der Waals surface area contributed by atoms with E-state index in [0.717, 1.165) is 22.0 Å². The fraction of sp³-hybridized carbons (Fsp3) is 0.0952. The van der Waals surface area contributed by atoms with Crippen molar-refractivity contribution in [3.05, 3.63) is 65.7 Å². The molecule has 0 radical (unpaired) electrons. The van der Waals surface area contributed by atoms with Gasteiger partial charge < -0.3 is 10.4 Å². The van der Waals surface area contributed by atoms with Crippen molar-refractivity contribution in [1.82, 2.24) is 4.98 Å². The summed E-state index contributed by atoms with van der Waals surface area (Å²) in [5, 5.41) is 15.1. The maximum Gasteiger partial charge on any atom is 0.234 e. The highest BCUT2D eigenvalue weighted by molar-refractivity contribution is 7.14. The Hall–Kier alpha value is -3.45. The van der Waals surface area contributed by atoms with Crippen molar-refractivity contribution in [2.75, 3.05) is 10.2 Å². The number of amides is 2. The van der Waals surface area contributed by atoms with Crippen LogP contribution in [0.1, 0.15) is 18.4 Å². The molecule has 0 atom stereocenters. The SMILES string of the molecule is O=C1CCC(=O)N1c1ccc(-c2csc(N/C=C\c3ccc(O)cc3)n2)cc1. The Morgan fingerprint density at radius 3 is 2.36 bits per heavy atom. The lowest BCUT2D eigenvalue weighted by Crippen LogP contribution is -2.28. The second-order valence-electron chi connectivity index (χ2n) is 6.28. The fourth-order valence-electron chi connectivity index (χ4n) is 2.91. The van der Waals surface area contributed by atoms with E-state index in [2.05, 4.69) is 10.3 Å². The number of anilines is 2. The molecule has 1 aliphatic heterocycles. The number of rotatable bonds is 5. The highest BCUT2D eigenvalue weighted by Gasteiger charge is 2.30. The Bertz CT molecular complexity index is 1020. The molecule has 0 saturated carbocycles. The standard InChI is InChI=1S/C21H17N3O3S/c25-17-7-1-14(2-8-17)11-12-22-21-23-18(13-28-21)15-3-5-16(6-4-15)24-19(26)9-10-20(24)27/h1-8,11-13,25H,9-10H2,(H,22,23)/b12-11-. The summed E-state index contributed by atoms with van der Waals surface area (Å²) in [4.78, 5) is 29.5. The van der Waals surface area contributed by atoms with Gasteiger partial charge in [0.2, 0.25) is 11.8 Å². The summed E-state index contributed by atoms with van der Waals surface area (Å²) >= 11 is 1.48. The van der Waals surface area contributed by atoms with E-state index >= 15 is 0 Å². The number of imide groups is 1. The molecule has 0 spiro atoms. The molecule has 2 heterocycles. The highest BCUT2D eigenvalue weighted by atomic mass is 32.1. The van der Waals surface area contributed by atoms with Gasteiger partial charge in [-0.15, -0.1) is 11.3 Å². The van der Waals surface area contributed by atoms with Crippen LogP contribution in [-0.2, 0) is 9.59 Å². The van der Waals surface area contributed by atoms with Crippen molar-refractivity contribution in [3.63, 3.8) is 0 Å². The summed E-state index contributed by atoms with van der Waals surface area (Å²) in [7, 11) is 0. The van der Waals surface area contributed by atoms with E-state index in [-0.39, 0.29) is 30.4 Å². The monoisotopic (exact) mass is 391 g/mol. The molecule has 1 saturated heterocycles. The van der Waals surface area contributed by atoms with Crippen LogP contribution in [0, 0.1) is 0 Å². The first-order valence-electron chi connectivity index (χ1n) is 8.74. The second kappa shape index (κ2) is 7.66. The normalized spacial score (nSPS) is 14.2. The van der Waals surface area contributed by atoms with Gasteiger partial charge in [-0.1, -0.05) is 24.3 Å². The number of nitrogens with zero attached hydrogens (tertiary/aromatic N) is 2. The number of phenols is 1. The van der Waals surface area contributed by atoms with Crippen LogP contribution in [0.3, 0.4) is 0 Å². The molecule has 7 heteroatoms. The maximum atomic E-state index is 11.8.